The number of hydrogen-bond donors (Lipinski definition) is 2. The van der Waals surface area contributed by atoms with Crippen LogP contribution in [0.1, 0.15) is 60.2 Å². The van der Waals surface area contributed by atoms with E-state index in [-0.39, 0.29) is 5.91 Å². The maximum absolute atomic E-state index is 12.3. The Morgan fingerprint density at radius 3 is 2.43 bits per heavy atom. The summed E-state index contributed by atoms with van der Waals surface area (Å²) in [4.78, 5) is 23.8. The van der Waals surface area contributed by atoms with Gasteiger partial charge in [-0.05, 0) is 56.4 Å². The van der Waals surface area contributed by atoms with Gasteiger partial charge in [0.25, 0.3) is 5.91 Å². The van der Waals surface area contributed by atoms with Gasteiger partial charge in [-0.3, -0.25) is 4.79 Å². The Morgan fingerprint density at radius 1 is 1.11 bits per heavy atom. The van der Waals surface area contributed by atoms with Crippen molar-refractivity contribution in [3.63, 3.8) is 0 Å². The van der Waals surface area contributed by atoms with Gasteiger partial charge in [-0.25, -0.2) is 4.79 Å². The fraction of sp³-hybridized carbons (Fsp3) is 0.448. The van der Waals surface area contributed by atoms with Crippen LogP contribution in [0.5, 0.6) is 23.0 Å². The zero-order valence-corrected chi connectivity index (χ0v) is 21.9. The van der Waals surface area contributed by atoms with Crippen molar-refractivity contribution in [2.75, 3.05) is 26.9 Å². The molecule has 0 saturated carbocycles. The molecule has 8 heteroatoms. The second-order valence-corrected chi connectivity index (χ2v) is 8.74. The van der Waals surface area contributed by atoms with Crippen molar-refractivity contribution in [1.82, 2.24) is 5.32 Å². The van der Waals surface area contributed by atoms with Gasteiger partial charge in [-0.2, -0.15) is 0 Å². The molecule has 8 nitrogen and oxygen atoms in total. The number of carboxylic acid groups (broad SMARTS) is 1. The van der Waals surface area contributed by atoms with E-state index in [2.05, 4.69) is 18.8 Å². The highest BCUT2D eigenvalue weighted by Crippen LogP contribution is 2.38. The first-order valence-corrected chi connectivity index (χ1v) is 12.9. The highest BCUT2D eigenvalue weighted by Gasteiger charge is 2.28. The van der Waals surface area contributed by atoms with Gasteiger partial charge in [0, 0.05) is 24.6 Å². The van der Waals surface area contributed by atoms with E-state index < -0.39 is 12.1 Å². The van der Waals surface area contributed by atoms with Crippen LogP contribution < -0.4 is 24.3 Å². The van der Waals surface area contributed by atoms with Crippen molar-refractivity contribution in [1.29, 1.82) is 0 Å². The minimum Gasteiger partial charge on any atom is -0.493 e. The van der Waals surface area contributed by atoms with Gasteiger partial charge < -0.3 is 29.4 Å². The number of hydrogen-bond acceptors (Lipinski definition) is 6. The van der Waals surface area contributed by atoms with Crippen LogP contribution in [0.2, 0.25) is 0 Å². The molecule has 0 spiro atoms. The van der Waals surface area contributed by atoms with E-state index in [4.69, 9.17) is 18.9 Å². The number of carbonyl (C=O) groups excluding carboxylic acids is 1. The number of carboxylic acids is 1. The number of fused-ring (bicyclic) bond motifs is 1. The molecule has 1 amide bonds. The Morgan fingerprint density at radius 2 is 1.81 bits per heavy atom. The summed E-state index contributed by atoms with van der Waals surface area (Å²) in [7, 11) is 1.58. The van der Waals surface area contributed by atoms with Crippen molar-refractivity contribution in [3.8, 4) is 23.0 Å². The van der Waals surface area contributed by atoms with Crippen LogP contribution in [0, 0.1) is 0 Å². The number of rotatable bonds is 14. The smallest absolute Gasteiger partial charge is 0.344 e. The zero-order valence-electron chi connectivity index (χ0n) is 21.9. The van der Waals surface area contributed by atoms with Gasteiger partial charge in [0.05, 0.1) is 25.4 Å². The van der Waals surface area contributed by atoms with E-state index in [1.54, 1.807) is 25.3 Å². The van der Waals surface area contributed by atoms with Crippen LogP contribution in [0.4, 0.5) is 0 Å². The summed E-state index contributed by atoms with van der Waals surface area (Å²) in [6.45, 7) is 9.02. The normalized spacial score (nSPS) is 14.2. The lowest BCUT2D eigenvalue weighted by molar-refractivity contribution is -0.145. The molecule has 0 aliphatic carbocycles. The summed E-state index contributed by atoms with van der Waals surface area (Å²) in [5.41, 5.74) is 3.19. The van der Waals surface area contributed by atoms with Crippen LogP contribution >= 0.6 is 0 Å². The number of ether oxygens (including phenoxy) is 4. The third-order valence-electron chi connectivity index (χ3n) is 6.14. The summed E-state index contributed by atoms with van der Waals surface area (Å²) < 4.78 is 23.8. The average Bonchev–Trinajstić information content (AvgIpc) is 2.90. The van der Waals surface area contributed by atoms with Gasteiger partial charge in [-0.15, -0.1) is 6.58 Å². The Hall–Kier alpha value is -3.68. The largest absolute Gasteiger partial charge is 0.493 e. The predicted molar refractivity (Wildman–Crippen MR) is 141 cm³/mol. The SMILES string of the molecule is C=CCc1c(OCCCOc2ccc3c(c2CCC)OC(C(=O)O)CC3)ccc(C(=O)NC)c1OCC. The summed E-state index contributed by atoms with van der Waals surface area (Å²) >= 11 is 0. The Labute approximate surface area is 218 Å². The van der Waals surface area contributed by atoms with Gasteiger partial charge in [-0.1, -0.05) is 25.5 Å². The number of amides is 1. The van der Waals surface area contributed by atoms with Gasteiger partial charge in [0.2, 0.25) is 0 Å². The summed E-state index contributed by atoms with van der Waals surface area (Å²) in [5.74, 6) is 1.36. The molecule has 2 aromatic rings. The molecule has 1 unspecified atom stereocenters. The molecule has 0 saturated heterocycles. The molecule has 2 N–H and O–H groups in total. The van der Waals surface area contributed by atoms with Gasteiger partial charge in [0.15, 0.2) is 6.10 Å². The second kappa shape index (κ2) is 13.6. The third-order valence-corrected chi connectivity index (χ3v) is 6.14. The first-order chi connectivity index (χ1) is 17.9. The topological polar surface area (TPSA) is 103 Å². The Kier molecular flexibility index (Phi) is 10.2. The zero-order chi connectivity index (χ0) is 26.8. The lowest BCUT2D eigenvalue weighted by Gasteiger charge is -2.26. The monoisotopic (exact) mass is 511 g/mol. The minimum atomic E-state index is -0.941. The lowest BCUT2D eigenvalue weighted by Crippen LogP contribution is -2.31. The summed E-state index contributed by atoms with van der Waals surface area (Å²) in [6.07, 6.45) is 4.81. The molecule has 0 bridgehead atoms. The number of nitrogens with one attached hydrogen (secondary N) is 1. The van der Waals surface area contributed by atoms with Crippen molar-refractivity contribution in [3.05, 3.63) is 59.2 Å². The van der Waals surface area contributed by atoms with Crippen LogP contribution in [-0.2, 0) is 24.1 Å². The van der Waals surface area contributed by atoms with E-state index in [9.17, 15) is 14.7 Å². The van der Waals surface area contributed by atoms with Crippen molar-refractivity contribution >= 4 is 11.9 Å². The molecule has 0 aromatic heterocycles. The third kappa shape index (κ3) is 6.76. The molecule has 0 fully saturated rings. The molecule has 37 heavy (non-hydrogen) atoms. The number of aliphatic carboxylic acids is 1. The molecule has 3 rings (SSSR count). The first-order valence-electron chi connectivity index (χ1n) is 12.9. The van der Waals surface area contributed by atoms with E-state index in [0.29, 0.717) is 74.1 Å². The number of carbonyl (C=O) groups is 2. The molecule has 2 aromatic carbocycles. The minimum absolute atomic E-state index is 0.222. The van der Waals surface area contributed by atoms with Gasteiger partial charge in [0.1, 0.15) is 23.0 Å². The molecular formula is C29H37NO7. The fourth-order valence-electron chi connectivity index (χ4n) is 4.41. The molecule has 1 aliphatic heterocycles. The van der Waals surface area contributed by atoms with Crippen molar-refractivity contribution in [2.45, 2.75) is 58.5 Å². The maximum Gasteiger partial charge on any atom is 0.344 e. The molecule has 200 valence electrons. The predicted octanol–water partition coefficient (Wildman–Crippen LogP) is 4.75. The van der Waals surface area contributed by atoms with Crippen LogP contribution in [0.15, 0.2) is 36.9 Å². The number of allylic oxidation sites excluding steroid dienone is 1. The Bertz CT molecular complexity index is 1110. The highest BCUT2D eigenvalue weighted by molar-refractivity contribution is 5.97. The van der Waals surface area contributed by atoms with Crippen LogP contribution in [-0.4, -0.2) is 50.0 Å². The fourth-order valence-corrected chi connectivity index (χ4v) is 4.41. The van der Waals surface area contributed by atoms with E-state index >= 15 is 0 Å². The second-order valence-electron chi connectivity index (χ2n) is 8.74. The lowest BCUT2D eigenvalue weighted by atomic mass is 9.96. The van der Waals surface area contributed by atoms with E-state index in [1.807, 2.05) is 19.1 Å². The number of aryl methyl sites for hydroxylation is 1. The molecular weight excluding hydrogens is 474 g/mol. The molecule has 0 radical (unpaired) electrons. The van der Waals surface area contributed by atoms with Crippen LogP contribution in [0.3, 0.4) is 0 Å². The summed E-state index contributed by atoms with van der Waals surface area (Å²) in [6, 6.07) is 7.40. The summed E-state index contributed by atoms with van der Waals surface area (Å²) in [5, 5.41) is 12.0. The standard InChI is InChI=1S/C29H37NO7/c1-5-9-20-23(14-11-19-12-15-25(29(32)33)37-26(19)20)35-17-8-18-36-24-16-13-22(28(31)30-4)27(34-7-3)21(24)10-6-2/h6,11,13-14,16,25H,2,5,7-10,12,15,17-18H2,1,3-4H3,(H,30,31)(H,32,33). The quantitative estimate of drug-likeness (QED) is 0.279. The van der Waals surface area contributed by atoms with Gasteiger partial charge >= 0.3 is 5.97 Å². The van der Waals surface area contributed by atoms with Crippen molar-refractivity contribution < 1.29 is 33.6 Å². The highest BCUT2D eigenvalue weighted by atomic mass is 16.5. The van der Waals surface area contributed by atoms with E-state index in [0.717, 1.165) is 29.5 Å². The molecule has 1 atom stereocenters. The Balaban J connectivity index is 1.68. The van der Waals surface area contributed by atoms with Crippen molar-refractivity contribution in [2.24, 2.45) is 0 Å². The number of benzene rings is 2. The molecule has 1 aliphatic rings. The van der Waals surface area contributed by atoms with E-state index in [1.165, 1.54) is 0 Å². The maximum atomic E-state index is 12.3. The average molecular weight is 512 g/mol. The van der Waals surface area contributed by atoms with Crippen LogP contribution in [0.25, 0.3) is 0 Å². The molecule has 1 heterocycles. The first kappa shape index (κ1) is 27.9.